The monoisotopic (exact) mass is 582 g/mol. The van der Waals surface area contributed by atoms with Gasteiger partial charge in [-0.05, 0) is 49.2 Å². The zero-order valence-corrected chi connectivity index (χ0v) is 23.8. The van der Waals surface area contributed by atoms with Crippen LogP contribution in [0, 0.1) is 17.1 Å². The smallest absolute Gasteiger partial charge is 0.337 e. The zero-order valence-electron chi connectivity index (χ0n) is 23.8. The van der Waals surface area contributed by atoms with E-state index in [1.54, 1.807) is 24.3 Å². The van der Waals surface area contributed by atoms with Crippen LogP contribution in [0.5, 0.6) is 5.88 Å². The Bertz CT molecular complexity index is 1730. The average molecular weight is 583 g/mol. The molecule has 2 aromatic carbocycles. The van der Waals surface area contributed by atoms with Crippen LogP contribution in [0.2, 0.25) is 0 Å². The molecule has 7 rings (SSSR count). The molecule has 0 spiro atoms. The topological polar surface area (TPSA) is 106 Å². The lowest BCUT2D eigenvalue weighted by molar-refractivity contribution is -0.0592. The fraction of sp³-hybridized carbons (Fsp3) is 0.375. The van der Waals surface area contributed by atoms with Gasteiger partial charge >= 0.3 is 5.97 Å². The lowest BCUT2D eigenvalue weighted by Gasteiger charge is -2.35. The molecule has 1 saturated carbocycles. The minimum Gasteiger partial charge on any atom is -0.473 e. The minimum absolute atomic E-state index is 0.0296. The summed E-state index contributed by atoms with van der Waals surface area (Å²) in [5, 5.41) is 8.96. The molecule has 4 aromatic rings. The standard InChI is InChI=1S/C32H31FN6O4/c1-41-32(40)21-7-8-25-26(14-21)39(17-23-9-12-42-23)30(35-25)18-37-10-11-38(28-15-27(28)37)29-3-2-4-31(36-29)43-19-22-6-5-20(16-34)13-24(22)33/h2-8,13-14,23,27-28H,9-12,15,17-19H2,1H3/t23-,27?,28?/m0/s1. The maximum atomic E-state index is 14.3. The van der Waals surface area contributed by atoms with Crippen molar-refractivity contribution in [3.05, 3.63) is 82.9 Å². The number of methoxy groups -OCH3 is 1. The molecule has 10 nitrogen and oxygen atoms in total. The highest BCUT2D eigenvalue weighted by molar-refractivity contribution is 5.93. The van der Waals surface area contributed by atoms with Gasteiger partial charge in [0.15, 0.2) is 0 Å². The van der Waals surface area contributed by atoms with Crippen LogP contribution in [0.3, 0.4) is 0 Å². The molecule has 2 aliphatic heterocycles. The average Bonchev–Trinajstić information content (AvgIpc) is 3.74. The number of hydrogen-bond donors (Lipinski definition) is 0. The van der Waals surface area contributed by atoms with Gasteiger partial charge in [-0.15, -0.1) is 0 Å². The summed E-state index contributed by atoms with van der Waals surface area (Å²) in [6, 6.07) is 18.2. The van der Waals surface area contributed by atoms with Crippen molar-refractivity contribution < 1.29 is 23.4 Å². The van der Waals surface area contributed by atoms with Gasteiger partial charge in [-0.2, -0.15) is 10.2 Å². The molecule has 3 aliphatic rings. The number of halogens is 1. The molecule has 3 fully saturated rings. The first-order chi connectivity index (χ1) is 21.0. The van der Waals surface area contributed by atoms with E-state index in [1.807, 2.05) is 30.3 Å². The van der Waals surface area contributed by atoms with Crippen LogP contribution in [-0.4, -0.2) is 70.4 Å². The van der Waals surface area contributed by atoms with Crippen LogP contribution < -0.4 is 9.64 Å². The van der Waals surface area contributed by atoms with Crippen molar-refractivity contribution in [2.24, 2.45) is 0 Å². The molecule has 0 bridgehead atoms. The summed E-state index contributed by atoms with van der Waals surface area (Å²) in [5.74, 6) is 1.41. The van der Waals surface area contributed by atoms with Gasteiger partial charge in [-0.3, -0.25) is 4.90 Å². The van der Waals surface area contributed by atoms with E-state index in [2.05, 4.69) is 14.4 Å². The summed E-state index contributed by atoms with van der Waals surface area (Å²) in [4.78, 5) is 26.7. The maximum absolute atomic E-state index is 14.3. The number of nitriles is 1. The first kappa shape index (κ1) is 27.3. The summed E-state index contributed by atoms with van der Waals surface area (Å²) in [6.07, 6.45) is 2.19. The van der Waals surface area contributed by atoms with Crippen molar-refractivity contribution in [3.8, 4) is 11.9 Å². The Morgan fingerprint density at radius 1 is 1.14 bits per heavy atom. The molecule has 2 aromatic heterocycles. The first-order valence-corrected chi connectivity index (χ1v) is 14.5. The number of nitrogens with zero attached hydrogens (tertiary/aromatic N) is 6. The molecule has 0 N–H and O–H groups in total. The number of hydrogen-bond acceptors (Lipinski definition) is 9. The van der Waals surface area contributed by atoms with Crippen molar-refractivity contribution in [1.82, 2.24) is 19.4 Å². The van der Waals surface area contributed by atoms with E-state index < -0.39 is 5.82 Å². The normalized spacial score (nSPS) is 21.1. The fourth-order valence-corrected chi connectivity index (χ4v) is 6.03. The van der Waals surface area contributed by atoms with Gasteiger partial charge in [0.2, 0.25) is 5.88 Å². The van der Waals surface area contributed by atoms with Crippen LogP contribution in [0.15, 0.2) is 54.6 Å². The second-order valence-electron chi connectivity index (χ2n) is 11.2. The van der Waals surface area contributed by atoms with E-state index in [0.717, 1.165) is 55.2 Å². The van der Waals surface area contributed by atoms with E-state index in [4.69, 9.17) is 29.4 Å². The number of rotatable bonds is 9. The van der Waals surface area contributed by atoms with Crippen LogP contribution in [0.4, 0.5) is 10.2 Å². The molecule has 0 radical (unpaired) electrons. The number of aromatic nitrogens is 3. The Hall–Kier alpha value is -4.53. The highest BCUT2D eigenvalue weighted by atomic mass is 19.1. The van der Waals surface area contributed by atoms with E-state index in [1.165, 1.54) is 13.2 Å². The molecule has 2 unspecified atom stereocenters. The van der Waals surface area contributed by atoms with E-state index in [0.29, 0.717) is 42.2 Å². The molecule has 3 atom stereocenters. The predicted molar refractivity (Wildman–Crippen MR) is 155 cm³/mol. The third-order valence-electron chi connectivity index (χ3n) is 8.55. The molecule has 1 aliphatic carbocycles. The molecule has 4 heterocycles. The number of carbonyl (C=O) groups is 1. The summed E-state index contributed by atoms with van der Waals surface area (Å²) in [6.45, 7) is 3.87. The number of benzene rings is 2. The van der Waals surface area contributed by atoms with Gasteiger partial charge in [0.05, 0.1) is 54.5 Å². The summed E-state index contributed by atoms with van der Waals surface area (Å²) in [5.41, 5.74) is 2.93. The van der Waals surface area contributed by atoms with Crippen LogP contribution in [0.25, 0.3) is 11.0 Å². The second kappa shape index (κ2) is 11.3. The van der Waals surface area contributed by atoms with Crippen LogP contribution >= 0.6 is 0 Å². The van der Waals surface area contributed by atoms with Gasteiger partial charge in [0.1, 0.15) is 24.1 Å². The van der Waals surface area contributed by atoms with Crippen molar-refractivity contribution in [2.45, 2.75) is 50.7 Å². The molecular weight excluding hydrogens is 551 g/mol. The highest BCUT2D eigenvalue weighted by Crippen LogP contribution is 2.40. The number of ether oxygens (including phenoxy) is 3. The largest absolute Gasteiger partial charge is 0.473 e. The van der Waals surface area contributed by atoms with Gasteiger partial charge in [-0.25, -0.2) is 14.2 Å². The van der Waals surface area contributed by atoms with Crippen molar-refractivity contribution >= 4 is 22.8 Å². The second-order valence-corrected chi connectivity index (χ2v) is 11.2. The van der Waals surface area contributed by atoms with Crippen LogP contribution in [0.1, 0.15) is 40.2 Å². The summed E-state index contributed by atoms with van der Waals surface area (Å²) < 4.78 is 33.0. The zero-order chi connectivity index (χ0) is 29.5. The maximum Gasteiger partial charge on any atom is 0.337 e. The SMILES string of the molecule is COC(=O)c1ccc2nc(CN3CCN(c4cccc(OCc5ccc(C#N)cc5F)n4)C4CC43)n(C[C@@H]3CCO3)c2c1. The third kappa shape index (κ3) is 5.40. The number of fused-ring (bicyclic) bond motifs is 2. The van der Waals surface area contributed by atoms with Crippen molar-refractivity contribution in [3.63, 3.8) is 0 Å². The molecule has 11 heteroatoms. The van der Waals surface area contributed by atoms with E-state index >= 15 is 0 Å². The Labute approximate surface area is 248 Å². The quantitative estimate of drug-likeness (QED) is 0.270. The molecule has 2 saturated heterocycles. The number of piperazine rings is 1. The molecule has 43 heavy (non-hydrogen) atoms. The van der Waals surface area contributed by atoms with Gasteiger partial charge < -0.3 is 23.7 Å². The minimum atomic E-state index is -0.468. The van der Waals surface area contributed by atoms with Gasteiger partial charge in [0, 0.05) is 43.4 Å². The van der Waals surface area contributed by atoms with Crippen LogP contribution in [-0.2, 0) is 29.2 Å². The summed E-state index contributed by atoms with van der Waals surface area (Å²) >= 11 is 0. The molecule has 0 amide bonds. The number of imidazole rings is 1. The summed E-state index contributed by atoms with van der Waals surface area (Å²) in [7, 11) is 1.39. The molecular formula is C32H31FN6O4. The predicted octanol–water partition coefficient (Wildman–Crippen LogP) is 4.06. The number of carbonyl (C=O) groups excluding carboxylic acids is 1. The van der Waals surface area contributed by atoms with Gasteiger partial charge in [-0.1, -0.05) is 12.1 Å². The highest BCUT2D eigenvalue weighted by Gasteiger charge is 2.49. The number of anilines is 1. The Kier molecular flexibility index (Phi) is 7.16. The van der Waals surface area contributed by atoms with Crippen molar-refractivity contribution in [1.29, 1.82) is 5.26 Å². The number of pyridine rings is 1. The Morgan fingerprint density at radius 2 is 2.02 bits per heavy atom. The van der Waals surface area contributed by atoms with Gasteiger partial charge in [0.25, 0.3) is 0 Å². The lowest BCUT2D eigenvalue weighted by Crippen LogP contribution is -2.46. The molecule has 220 valence electrons. The Morgan fingerprint density at radius 3 is 2.79 bits per heavy atom. The first-order valence-electron chi connectivity index (χ1n) is 14.5. The lowest BCUT2D eigenvalue weighted by atomic mass is 10.1. The Balaban J connectivity index is 1.04. The fourth-order valence-electron chi connectivity index (χ4n) is 6.03. The van der Waals surface area contributed by atoms with E-state index in [-0.39, 0.29) is 24.2 Å². The van der Waals surface area contributed by atoms with Crippen molar-refractivity contribution in [2.75, 3.05) is 31.7 Å². The number of esters is 1. The van der Waals surface area contributed by atoms with E-state index in [9.17, 15) is 9.18 Å². The third-order valence-corrected chi connectivity index (χ3v) is 8.55.